The molecule has 0 saturated carbocycles. The summed E-state index contributed by atoms with van der Waals surface area (Å²) in [5.41, 5.74) is 23.4. The predicted molar refractivity (Wildman–Crippen MR) is 249 cm³/mol. The van der Waals surface area contributed by atoms with E-state index in [0.717, 1.165) is 107 Å². The van der Waals surface area contributed by atoms with Gasteiger partial charge in [0.05, 0.1) is 22.4 Å². The number of hydrogen-bond donors (Lipinski definition) is 1. The highest BCUT2D eigenvalue weighted by Gasteiger charge is 2.23. The van der Waals surface area contributed by atoms with E-state index in [0.29, 0.717) is 5.82 Å². The van der Waals surface area contributed by atoms with Crippen molar-refractivity contribution in [2.24, 2.45) is 0 Å². The van der Waals surface area contributed by atoms with E-state index in [1.165, 1.54) is 0 Å². The molecule has 2 aromatic heterocycles. The fourth-order valence-electron chi connectivity index (χ4n) is 8.31. The van der Waals surface area contributed by atoms with Crippen LogP contribution in [0.2, 0.25) is 0 Å². The van der Waals surface area contributed by atoms with Crippen LogP contribution < -0.4 is 5.73 Å². The fourth-order valence-corrected chi connectivity index (χ4v) is 8.31. The third-order valence-electron chi connectivity index (χ3n) is 11.1. The summed E-state index contributed by atoms with van der Waals surface area (Å²) in [6, 6.07) is 71.9. The van der Waals surface area contributed by atoms with Gasteiger partial charge in [0, 0.05) is 40.0 Å². The normalized spacial score (nSPS) is 11.2. The number of rotatable bonds is 9. The summed E-state index contributed by atoms with van der Waals surface area (Å²) < 4.78 is 2.27. The van der Waals surface area contributed by atoms with Crippen molar-refractivity contribution in [3.05, 3.63) is 212 Å². The van der Waals surface area contributed by atoms with Gasteiger partial charge in [0.25, 0.3) is 0 Å². The largest absolute Gasteiger partial charge is 0.399 e. The number of hydrogen-bond acceptors (Lipinski definition) is 4. The number of benzene rings is 8. The van der Waals surface area contributed by atoms with Crippen LogP contribution in [0.1, 0.15) is 12.7 Å². The molecular formula is C55H41N5. The number of aromatic nitrogens is 4. The summed E-state index contributed by atoms with van der Waals surface area (Å²) in [6.07, 6.45) is 0.839. The van der Waals surface area contributed by atoms with E-state index in [1.54, 1.807) is 0 Å². The minimum atomic E-state index is 0.645. The van der Waals surface area contributed by atoms with Crippen LogP contribution in [0.15, 0.2) is 206 Å². The van der Waals surface area contributed by atoms with Crippen LogP contribution in [0, 0.1) is 0 Å². The first-order valence-electron chi connectivity index (χ1n) is 20.4. The Morgan fingerprint density at radius 1 is 0.417 bits per heavy atom. The van der Waals surface area contributed by atoms with E-state index in [4.69, 9.17) is 20.7 Å². The second kappa shape index (κ2) is 15.8. The molecule has 0 unspecified atom stereocenters. The average Bonchev–Trinajstić information content (AvgIpc) is 3.71. The van der Waals surface area contributed by atoms with Crippen LogP contribution in [0.4, 0.5) is 5.69 Å². The standard InChI is InChI=1S/C55H41N5/c1-2-51-57-49-29-13-14-30-50(49)60(51)44-33-31-37(32-34-44)45-25-9-10-26-46(45)47-27-11-12-28-48(47)54-52(38-17-5-3-6-18-38)53(39-19-7-4-8-20-39)58-55(59-54)42-23-15-21-40(35-42)41-22-16-24-43(56)36-41/h3-36H,2,56H2,1H3. The van der Waals surface area contributed by atoms with Crippen molar-refractivity contribution in [3.63, 3.8) is 0 Å². The zero-order valence-corrected chi connectivity index (χ0v) is 33.2. The summed E-state index contributed by atoms with van der Waals surface area (Å²) in [5, 5.41) is 0. The lowest BCUT2D eigenvalue weighted by Crippen LogP contribution is -2.02. The molecule has 8 aromatic carbocycles. The molecule has 0 bridgehead atoms. The number of nitrogen functional groups attached to an aromatic ring is 1. The molecule has 286 valence electrons. The molecule has 0 spiro atoms. The van der Waals surface area contributed by atoms with Crippen molar-refractivity contribution < 1.29 is 0 Å². The Morgan fingerprint density at radius 2 is 0.967 bits per heavy atom. The van der Waals surface area contributed by atoms with Crippen LogP contribution in [-0.4, -0.2) is 19.5 Å². The molecule has 2 heterocycles. The minimum absolute atomic E-state index is 0.645. The van der Waals surface area contributed by atoms with Gasteiger partial charge in [0.15, 0.2) is 5.82 Å². The smallest absolute Gasteiger partial charge is 0.160 e. The number of para-hydroxylation sites is 2. The second-order valence-electron chi connectivity index (χ2n) is 14.9. The maximum absolute atomic E-state index is 6.22. The van der Waals surface area contributed by atoms with Gasteiger partial charge in [-0.1, -0.05) is 171 Å². The lowest BCUT2D eigenvalue weighted by Gasteiger charge is -2.20. The Bertz CT molecular complexity index is 3130. The Kier molecular flexibility index (Phi) is 9.60. The van der Waals surface area contributed by atoms with E-state index < -0.39 is 0 Å². The van der Waals surface area contributed by atoms with E-state index in [1.807, 2.05) is 30.3 Å². The van der Waals surface area contributed by atoms with Gasteiger partial charge in [-0.05, 0) is 81.4 Å². The van der Waals surface area contributed by atoms with Crippen molar-refractivity contribution >= 4 is 16.7 Å². The molecule has 10 rings (SSSR count). The van der Waals surface area contributed by atoms with Gasteiger partial charge in [-0.3, -0.25) is 4.57 Å². The maximum atomic E-state index is 6.22. The van der Waals surface area contributed by atoms with Crippen LogP contribution in [0.25, 0.3) is 95.1 Å². The molecule has 0 amide bonds. The molecule has 5 heteroatoms. The van der Waals surface area contributed by atoms with Gasteiger partial charge >= 0.3 is 0 Å². The first-order chi connectivity index (χ1) is 29.6. The van der Waals surface area contributed by atoms with Gasteiger partial charge in [0.1, 0.15) is 5.82 Å². The van der Waals surface area contributed by atoms with Gasteiger partial charge in [0.2, 0.25) is 0 Å². The molecular weight excluding hydrogens is 731 g/mol. The minimum Gasteiger partial charge on any atom is -0.399 e. The van der Waals surface area contributed by atoms with Crippen LogP contribution >= 0.6 is 0 Å². The number of aryl methyl sites for hydroxylation is 1. The SMILES string of the molecule is CCc1nc2ccccc2n1-c1ccc(-c2ccccc2-c2ccccc2-c2nc(-c3cccc(-c4cccc(N)c4)c3)nc(-c3ccccc3)c2-c2ccccc2)cc1. The van der Waals surface area contributed by atoms with Gasteiger partial charge in [-0.2, -0.15) is 0 Å². The molecule has 0 aliphatic carbocycles. The van der Waals surface area contributed by atoms with Gasteiger partial charge < -0.3 is 5.73 Å². The summed E-state index contributed by atoms with van der Waals surface area (Å²) in [4.78, 5) is 15.9. The van der Waals surface area contributed by atoms with E-state index in [9.17, 15) is 0 Å². The zero-order chi connectivity index (χ0) is 40.4. The van der Waals surface area contributed by atoms with E-state index >= 15 is 0 Å². The Labute approximate surface area is 350 Å². The van der Waals surface area contributed by atoms with Crippen LogP contribution in [0.3, 0.4) is 0 Å². The predicted octanol–water partition coefficient (Wildman–Crippen LogP) is 13.6. The molecule has 0 atom stereocenters. The third kappa shape index (κ3) is 6.82. The number of anilines is 1. The third-order valence-corrected chi connectivity index (χ3v) is 11.1. The van der Waals surface area contributed by atoms with Gasteiger partial charge in [-0.25, -0.2) is 15.0 Å². The van der Waals surface area contributed by atoms with E-state index in [2.05, 4.69) is 187 Å². The fraction of sp³-hybridized carbons (Fsp3) is 0.0364. The number of nitrogens with zero attached hydrogens (tertiary/aromatic N) is 4. The summed E-state index contributed by atoms with van der Waals surface area (Å²) in [7, 11) is 0. The average molecular weight is 772 g/mol. The maximum Gasteiger partial charge on any atom is 0.160 e. The number of fused-ring (bicyclic) bond motifs is 1. The lowest BCUT2D eigenvalue weighted by molar-refractivity contribution is 0.908. The second-order valence-corrected chi connectivity index (χ2v) is 14.9. The first-order valence-corrected chi connectivity index (χ1v) is 20.4. The molecule has 0 saturated heterocycles. The van der Waals surface area contributed by atoms with Crippen molar-refractivity contribution in [1.82, 2.24) is 19.5 Å². The van der Waals surface area contributed by atoms with Crippen molar-refractivity contribution in [1.29, 1.82) is 0 Å². The molecule has 0 aliphatic heterocycles. The highest BCUT2D eigenvalue weighted by molar-refractivity contribution is 5.98. The summed E-state index contributed by atoms with van der Waals surface area (Å²) in [5.74, 6) is 1.69. The molecule has 5 nitrogen and oxygen atoms in total. The first kappa shape index (κ1) is 36.5. The van der Waals surface area contributed by atoms with E-state index in [-0.39, 0.29) is 0 Å². The molecule has 10 aromatic rings. The molecule has 0 radical (unpaired) electrons. The molecule has 0 aliphatic rings. The Hall–Kier alpha value is -7.89. The highest BCUT2D eigenvalue weighted by atomic mass is 15.1. The quantitative estimate of drug-likeness (QED) is 0.148. The van der Waals surface area contributed by atoms with Crippen LogP contribution in [0.5, 0.6) is 0 Å². The van der Waals surface area contributed by atoms with Gasteiger partial charge in [-0.15, -0.1) is 0 Å². The molecule has 60 heavy (non-hydrogen) atoms. The topological polar surface area (TPSA) is 69.6 Å². The summed E-state index contributed by atoms with van der Waals surface area (Å²) >= 11 is 0. The number of nitrogens with two attached hydrogens (primary N) is 1. The highest BCUT2D eigenvalue weighted by Crippen LogP contribution is 2.44. The molecule has 2 N–H and O–H groups in total. The Balaban J connectivity index is 1.17. The lowest BCUT2D eigenvalue weighted by atomic mass is 9.87. The number of imidazole rings is 1. The van der Waals surface area contributed by atoms with Crippen molar-refractivity contribution in [2.45, 2.75) is 13.3 Å². The van der Waals surface area contributed by atoms with Crippen LogP contribution in [-0.2, 0) is 6.42 Å². The summed E-state index contributed by atoms with van der Waals surface area (Å²) in [6.45, 7) is 2.16. The Morgan fingerprint density at radius 3 is 1.68 bits per heavy atom. The molecule has 0 fully saturated rings. The van der Waals surface area contributed by atoms with Crippen molar-refractivity contribution in [3.8, 4) is 84.1 Å². The monoisotopic (exact) mass is 771 g/mol. The van der Waals surface area contributed by atoms with Crippen molar-refractivity contribution in [2.75, 3.05) is 5.73 Å². The zero-order valence-electron chi connectivity index (χ0n) is 33.2.